The molecule has 3 aromatic rings. The van der Waals surface area contributed by atoms with Crippen molar-refractivity contribution in [2.45, 2.75) is 45.1 Å². The minimum absolute atomic E-state index is 0.155. The standard InChI is InChI=1S/C20H22FN3O2S/c1-12-7-8-16(21)15(9-12)18-19(22-13-5-3-4-6-13)24-14(10-17(25)26-2)11-27-20(24)23-18/h7-9,11,13,22H,3-6,10H2,1-2H3. The summed E-state index contributed by atoms with van der Waals surface area (Å²) in [5.74, 6) is 0.162. The number of hydrogen-bond donors (Lipinski definition) is 1. The zero-order valence-corrected chi connectivity index (χ0v) is 16.2. The molecule has 0 aliphatic heterocycles. The van der Waals surface area contributed by atoms with Crippen molar-refractivity contribution in [2.24, 2.45) is 0 Å². The average molecular weight is 387 g/mol. The van der Waals surface area contributed by atoms with Crippen LogP contribution in [0.4, 0.5) is 10.2 Å². The number of carbonyl (C=O) groups is 1. The Morgan fingerprint density at radius 2 is 2.19 bits per heavy atom. The van der Waals surface area contributed by atoms with E-state index in [0.717, 1.165) is 34.9 Å². The van der Waals surface area contributed by atoms with Crippen LogP contribution in [0.1, 0.15) is 36.9 Å². The van der Waals surface area contributed by atoms with Crippen LogP contribution in [-0.2, 0) is 16.0 Å². The number of aryl methyl sites for hydroxylation is 1. The lowest BCUT2D eigenvalue weighted by molar-refractivity contribution is -0.139. The second-order valence-corrected chi connectivity index (χ2v) is 7.85. The Hall–Kier alpha value is -2.41. The number of ether oxygens (including phenoxy) is 1. The summed E-state index contributed by atoms with van der Waals surface area (Å²) < 4.78 is 21.4. The summed E-state index contributed by atoms with van der Waals surface area (Å²) in [6.07, 6.45) is 4.69. The number of aromatic nitrogens is 2. The summed E-state index contributed by atoms with van der Waals surface area (Å²) in [6.45, 7) is 1.94. The molecule has 1 aromatic carbocycles. The highest BCUT2D eigenvalue weighted by Gasteiger charge is 2.24. The molecule has 1 aliphatic carbocycles. The first kappa shape index (κ1) is 18.0. The van der Waals surface area contributed by atoms with Gasteiger partial charge in [0.05, 0.1) is 13.5 Å². The highest BCUT2D eigenvalue weighted by Crippen LogP contribution is 2.36. The molecule has 0 amide bonds. The van der Waals surface area contributed by atoms with Gasteiger partial charge in [0.15, 0.2) is 4.96 Å². The van der Waals surface area contributed by atoms with Crippen molar-refractivity contribution in [3.63, 3.8) is 0 Å². The Labute approximate surface area is 161 Å². The highest BCUT2D eigenvalue weighted by atomic mass is 32.1. The van der Waals surface area contributed by atoms with Gasteiger partial charge < -0.3 is 10.1 Å². The maximum Gasteiger partial charge on any atom is 0.311 e. The lowest BCUT2D eigenvalue weighted by atomic mass is 10.1. The van der Waals surface area contributed by atoms with Crippen molar-refractivity contribution in [2.75, 3.05) is 12.4 Å². The average Bonchev–Trinajstić information content (AvgIpc) is 3.37. The molecule has 0 saturated heterocycles. The van der Waals surface area contributed by atoms with E-state index in [9.17, 15) is 9.18 Å². The third kappa shape index (κ3) is 3.43. The van der Waals surface area contributed by atoms with Crippen molar-refractivity contribution < 1.29 is 13.9 Å². The number of rotatable bonds is 5. The van der Waals surface area contributed by atoms with Gasteiger partial charge in [-0.1, -0.05) is 24.5 Å². The number of nitrogens with one attached hydrogen (secondary N) is 1. The zero-order chi connectivity index (χ0) is 19.0. The van der Waals surface area contributed by atoms with Gasteiger partial charge in [-0.05, 0) is 31.9 Å². The van der Waals surface area contributed by atoms with Crippen LogP contribution in [0, 0.1) is 12.7 Å². The Kier molecular flexibility index (Phi) is 4.86. The topological polar surface area (TPSA) is 55.6 Å². The lowest BCUT2D eigenvalue weighted by Gasteiger charge is -2.16. The molecule has 0 radical (unpaired) electrons. The fourth-order valence-corrected chi connectivity index (χ4v) is 4.55. The van der Waals surface area contributed by atoms with E-state index in [-0.39, 0.29) is 18.2 Å². The van der Waals surface area contributed by atoms with E-state index in [1.165, 1.54) is 37.4 Å². The summed E-state index contributed by atoms with van der Waals surface area (Å²) in [5, 5.41) is 5.50. The third-order valence-corrected chi connectivity index (χ3v) is 5.93. The van der Waals surface area contributed by atoms with Gasteiger partial charge in [0.2, 0.25) is 0 Å². The molecule has 4 rings (SSSR count). The largest absolute Gasteiger partial charge is 0.469 e. The predicted molar refractivity (Wildman–Crippen MR) is 105 cm³/mol. The van der Waals surface area contributed by atoms with Crippen LogP contribution in [0.25, 0.3) is 16.2 Å². The maximum atomic E-state index is 14.6. The predicted octanol–water partition coefficient (Wildman–Crippen LogP) is 4.58. The molecule has 0 bridgehead atoms. The molecule has 7 heteroatoms. The van der Waals surface area contributed by atoms with Gasteiger partial charge in [0.1, 0.15) is 17.3 Å². The Bertz CT molecular complexity index is 989. The van der Waals surface area contributed by atoms with Crippen molar-refractivity contribution in [3.8, 4) is 11.3 Å². The number of carbonyl (C=O) groups excluding carboxylic acids is 1. The number of imidazole rings is 1. The Balaban J connectivity index is 1.87. The fourth-order valence-electron chi connectivity index (χ4n) is 3.66. The minimum Gasteiger partial charge on any atom is -0.469 e. The summed E-state index contributed by atoms with van der Waals surface area (Å²) in [6, 6.07) is 5.39. The number of methoxy groups -OCH3 is 1. The monoisotopic (exact) mass is 387 g/mol. The van der Waals surface area contributed by atoms with E-state index in [2.05, 4.69) is 5.32 Å². The Morgan fingerprint density at radius 3 is 2.93 bits per heavy atom. The zero-order valence-electron chi connectivity index (χ0n) is 15.4. The number of nitrogens with zero attached hydrogens (tertiary/aromatic N) is 2. The minimum atomic E-state index is -0.307. The van der Waals surface area contributed by atoms with Crippen LogP contribution in [0.2, 0.25) is 0 Å². The van der Waals surface area contributed by atoms with E-state index < -0.39 is 0 Å². The van der Waals surface area contributed by atoms with Crippen LogP contribution < -0.4 is 5.32 Å². The molecule has 1 N–H and O–H groups in total. The van der Waals surface area contributed by atoms with Crippen LogP contribution in [0.5, 0.6) is 0 Å². The molecular formula is C20H22FN3O2S. The molecule has 5 nitrogen and oxygen atoms in total. The summed E-state index contributed by atoms with van der Waals surface area (Å²) in [7, 11) is 1.38. The van der Waals surface area contributed by atoms with Gasteiger partial charge in [-0.3, -0.25) is 9.20 Å². The van der Waals surface area contributed by atoms with Crippen LogP contribution in [0.3, 0.4) is 0 Å². The Morgan fingerprint density at radius 1 is 1.41 bits per heavy atom. The lowest BCUT2D eigenvalue weighted by Crippen LogP contribution is -2.17. The second kappa shape index (κ2) is 7.31. The number of fused-ring (bicyclic) bond motifs is 1. The van der Waals surface area contributed by atoms with Gasteiger partial charge in [-0.2, -0.15) is 0 Å². The normalized spacial score (nSPS) is 14.8. The van der Waals surface area contributed by atoms with E-state index in [1.807, 2.05) is 22.8 Å². The summed E-state index contributed by atoms with van der Waals surface area (Å²) >= 11 is 1.45. The first-order valence-corrected chi connectivity index (χ1v) is 10.0. The van der Waals surface area contributed by atoms with Gasteiger partial charge in [-0.15, -0.1) is 11.3 Å². The van der Waals surface area contributed by atoms with Crippen molar-refractivity contribution >= 4 is 28.1 Å². The molecule has 2 heterocycles. The number of thiazole rings is 1. The third-order valence-electron chi connectivity index (χ3n) is 5.06. The van der Waals surface area contributed by atoms with Crippen molar-refractivity contribution in [3.05, 3.63) is 40.7 Å². The van der Waals surface area contributed by atoms with E-state index >= 15 is 0 Å². The van der Waals surface area contributed by atoms with Gasteiger partial charge in [0.25, 0.3) is 0 Å². The van der Waals surface area contributed by atoms with E-state index in [4.69, 9.17) is 9.72 Å². The van der Waals surface area contributed by atoms with Crippen molar-refractivity contribution in [1.29, 1.82) is 0 Å². The molecule has 0 unspecified atom stereocenters. The number of benzene rings is 1. The van der Waals surface area contributed by atoms with Gasteiger partial charge >= 0.3 is 5.97 Å². The van der Waals surface area contributed by atoms with Crippen LogP contribution in [0.15, 0.2) is 23.6 Å². The number of esters is 1. The number of anilines is 1. The van der Waals surface area contributed by atoms with Gasteiger partial charge in [-0.25, -0.2) is 9.37 Å². The maximum absolute atomic E-state index is 14.6. The van der Waals surface area contributed by atoms with Crippen LogP contribution in [-0.4, -0.2) is 28.5 Å². The van der Waals surface area contributed by atoms with E-state index in [1.54, 1.807) is 6.07 Å². The first-order chi connectivity index (χ1) is 13.1. The molecular weight excluding hydrogens is 365 g/mol. The highest BCUT2D eigenvalue weighted by molar-refractivity contribution is 7.15. The fraction of sp³-hybridized carbons (Fsp3) is 0.400. The molecule has 1 saturated carbocycles. The van der Waals surface area contributed by atoms with Gasteiger partial charge in [0, 0.05) is 22.7 Å². The molecule has 27 heavy (non-hydrogen) atoms. The SMILES string of the molecule is COC(=O)Cc1csc2nc(-c3cc(C)ccc3F)c(NC3CCCC3)n12. The molecule has 0 atom stereocenters. The second-order valence-electron chi connectivity index (χ2n) is 7.02. The first-order valence-electron chi connectivity index (χ1n) is 9.15. The molecule has 1 aliphatic rings. The van der Waals surface area contributed by atoms with E-state index in [0.29, 0.717) is 17.3 Å². The smallest absolute Gasteiger partial charge is 0.311 e. The summed E-state index contributed by atoms with van der Waals surface area (Å²) in [5.41, 5.74) is 2.86. The summed E-state index contributed by atoms with van der Waals surface area (Å²) in [4.78, 5) is 17.3. The van der Waals surface area contributed by atoms with Crippen LogP contribution >= 0.6 is 11.3 Å². The molecule has 2 aromatic heterocycles. The van der Waals surface area contributed by atoms with Crippen molar-refractivity contribution in [1.82, 2.24) is 9.38 Å². The quantitative estimate of drug-likeness (QED) is 0.651. The number of halogens is 1. The number of hydrogen-bond acceptors (Lipinski definition) is 5. The molecule has 0 spiro atoms. The molecule has 1 fully saturated rings. The molecule has 142 valence electrons.